The van der Waals surface area contributed by atoms with Crippen molar-refractivity contribution in [3.63, 3.8) is 0 Å². The van der Waals surface area contributed by atoms with Crippen molar-refractivity contribution in [3.05, 3.63) is 0 Å². The molecule has 74 valence electrons. The van der Waals surface area contributed by atoms with E-state index in [1.807, 2.05) is 0 Å². The highest BCUT2D eigenvalue weighted by Crippen LogP contribution is 2.49. The summed E-state index contributed by atoms with van der Waals surface area (Å²) in [7, 11) is 0. The van der Waals surface area contributed by atoms with Gasteiger partial charge in [0, 0.05) is 13.0 Å². The van der Waals surface area contributed by atoms with E-state index in [4.69, 9.17) is 9.47 Å². The SMILES string of the molecule is C[C@@H]1OCC[C@]12CC[C@H]1C[C@H]1CO2. The summed E-state index contributed by atoms with van der Waals surface area (Å²) in [5, 5.41) is 0. The van der Waals surface area contributed by atoms with Gasteiger partial charge in [-0.2, -0.15) is 0 Å². The van der Waals surface area contributed by atoms with Crippen LogP contribution in [0.1, 0.15) is 32.6 Å². The Hall–Kier alpha value is -0.0800. The Labute approximate surface area is 79.6 Å². The summed E-state index contributed by atoms with van der Waals surface area (Å²) in [5.74, 6) is 1.89. The molecule has 13 heavy (non-hydrogen) atoms. The molecule has 0 unspecified atom stereocenters. The molecule has 0 aromatic heterocycles. The van der Waals surface area contributed by atoms with Crippen LogP contribution in [0.2, 0.25) is 0 Å². The first-order valence-electron chi connectivity index (χ1n) is 5.56. The van der Waals surface area contributed by atoms with Crippen molar-refractivity contribution >= 4 is 0 Å². The second-order valence-electron chi connectivity index (χ2n) is 4.93. The van der Waals surface area contributed by atoms with Crippen LogP contribution in [0.4, 0.5) is 0 Å². The molecule has 1 aliphatic carbocycles. The summed E-state index contributed by atoms with van der Waals surface area (Å²) in [6.45, 7) is 4.07. The Morgan fingerprint density at radius 2 is 2.15 bits per heavy atom. The second kappa shape index (κ2) is 2.71. The monoisotopic (exact) mass is 182 g/mol. The summed E-state index contributed by atoms with van der Waals surface area (Å²) in [6.07, 6.45) is 5.47. The Bertz CT molecular complexity index is 202. The maximum absolute atomic E-state index is 6.09. The lowest BCUT2D eigenvalue weighted by Crippen LogP contribution is -2.39. The van der Waals surface area contributed by atoms with E-state index in [0.29, 0.717) is 6.10 Å². The van der Waals surface area contributed by atoms with Crippen LogP contribution in [0.15, 0.2) is 0 Å². The lowest BCUT2D eigenvalue weighted by molar-refractivity contribution is -0.0880. The molecule has 0 amide bonds. The lowest BCUT2D eigenvalue weighted by atomic mass is 9.90. The zero-order valence-corrected chi connectivity index (χ0v) is 8.29. The van der Waals surface area contributed by atoms with Crippen molar-refractivity contribution in [2.75, 3.05) is 13.2 Å². The minimum Gasteiger partial charge on any atom is -0.375 e. The first-order valence-corrected chi connectivity index (χ1v) is 5.56. The van der Waals surface area contributed by atoms with E-state index in [0.717, 1.165) is 31.5 Å². The average molecular weight is 182 g/mol. The smallest absolute Gasteiger partial charge is 0.0962 e. The molecule has 2 saturated heterocycles. The van der Waals surface area contributed by atoms with Gasteiger partial charge in [0.1, 0.15) is 0 Å². The molecule has 0 aromatic carbocycles. The van der Waals surface area contributed by atoms with Crippen molar-refractivity contribution in [2.24, 2.45) is 11.8 Å². The van der Waals surface area contributed by atoms with Crippen LogP contribution in [-0.2, 0) is 9.47 Å². The first kappa shape index (κ1) is 8.25. The number of fused-ring (bicyclic) bond motifs is 1. The molecule has 2 nitrogen and oxygen atoms in total. The van der Waals surface area contributed by atoms with Gasteiger partial charge in [-0.3, -0.25) is 0 Å². The van der Waals surface area contributed by atoms with E-state index < -0.39 is 0 Å². The van der Waals surface area contributed by atoms with Crippen LogP contribution in [0.5, 0.6) is 0 Å². The van der Waals surface area contributed by atoms with Gasteiger partial charge in [-0.05, 0) is 38.0 Å². The van der Waals surface area contributed by atoms with Crippen molar-refractivity contribution in [2.45, 2.75) is 44.3 Å². The molecule has 0 bridgehead atoms. The molecule has 2 heterocycles. The van der Waals surface area contributed by atoms with Gasteiger partial charge in [-0.15, -0.1) is 0 Å². The minimum atomic E-state index is 0.105. The summed E-state index contributed by atoms with van der Waals surface area (Å²) >= 11 is 0. The molecule has 0 radical (unpaired) electrons. The van der Waals surface area contributed by atoms with E-state index in [2.05, 4.69) is 6.92 Å². The second-order valence-corrected chi connectivity index (χ2v) is 4.93. The molecule has 3 fully saturated rings. The van der Waals surface area contributed by atoms with Crippen LogP contribution >= 0.6 is 0 Å². The quantitative estimate of drug-likeness (QED) is 0.570. The molecule has 0 aromatic rings. The van der Waals surface area contributed by atoms with Gasteiger partial charge in [-0.25, -0.2) is 0 Å². The van der Waals surface area contributed by atoms with Gasteiger partial charge in [-0.1, -0.05) is 0 Å². The maximum Gasteiger partial charge on any atom is 0.0962 e. The molecule has 0 N–H and O–H groups in total. The fraction of sp³-hybridized carbons (Fsp3) is 1.00. The lowest BCUT2D eigenvalue weighted by Gasteiger charge is -2.31. The van der Waals surface area contributed by atoms with Crippen molar-refractivity contribution in [1.82, 2.24) is 0 Å². The summed E-state index contributed by atoms with van der Waals surface area (Å²) in [5.41, 5.74) is 0.105. The number of hydrogen-bond donors (Lipinski definition) is 0. The Balaban J connectivity index is 1.75. The summed E-state index contributed by atoms with van der Waals surface area (Å²) in [6, 6.07) is 0. The topological polar surface area (TPSA) is 18.5 Å². The molecule has 2 heteroatoms. The Morgan fingerprint density at radius 1 is 1.23 bits per heavy atom. The predicted octanol–water partition coefficient (Wildman–Crippen LogP) is 1.98. The average Bonchev–Trinajstić information content (AvgIpc) is 2.79. The zero-order valence-electron chi connectivity index (χ0n) is 8.29. The van der Waals surface area contributed by atoms with Gasteiger partial charge >= 0.3 is 0 Å². The van der Waals surface area contributed by atoms with Crippen LogP contribution in [0.25, 0.3) is 0 Å². The van der Waals surface area contributed by atoms with Crippen LogP contribution < -0.4 is 0 Å². The predicted molar refractivity (Wildman–Crippen MR) is 49.5 cm³/mol. The van der Waals surface area contributed by atoms with E-state index in [-0.39, 0.29) is 5.60 Å². The molecule has 1 spiro atoms. The molecular weight excluding hydrogens is 164 g/mol. The number of ether oxygens (including phenoxy) is 2. The van der Waals surface area contributed by atoms with Crippen LogP contribution in [0, 0.1) is 11.8 Å². The molecular formula is C11H18O2. The number of hydrogen-bond acceptors (Lipinski definition) is 2. The molecule has 2 aliphatic heterocycles. The Morgan fingerprint density at radius 3 is 2.92 bits per heavy atom. The van der Waals surface area contributed by atoms with Crippen LogP contribution in [-0.4, -0.2) is 24.9 Å². The van der Waals surface area contributed by atoms with Gasteiger partial charge in [0.25, 0.3) is 0 Å². The van der Waals surface area contributed by atoms with E-state index in [1.165, 1.54) is 19.3 Å². The highest BCUT2D eigenvalue weighted by molar-refractivity contribution is 4.98. The van der Waals surface area contributed by atoms with Gasteiger partial charge in [0.2, 0.25) is 0 Å². The molecule has 3 aliphatic rings. The Kier molecular flexibility index (Phi) is 1.72. The third-order valence-electron chi connectivity index (χ3n) is 4.23. The van der Waals surface area contributed by atoms with Crippen LogP contribution in [0.3, 0.4) is 0 Å². The third kappa shape index (κ3) is 1.23. The van der Waals surface area contributed by atoms with Gasteiger partial charge < -0.3 is 9.47 Å². The zero-order chi connectivity index (χ0) is 8.89. The van der Waals surface area contributed by atoms with Crippen molar-refractivity contribution in [1.29, 1.82) is 0 Å². The largest absolute Gasteiger partial charge is 0.375 e. The third-order valence-corrected chi connectivity index (χ3v) is 4.23. The van der Waals surface area contributed by atoms with E-state index in [9.17, 15) is 0 Å². The number of rotatable bonds is 0. The van der Waals surface area contributed by atoms with E-state index >= 15 is 0 Å². The van der Waals surface area contributed by atoms with Gasteiger partial charge in [0.05, 0.1) is 18.3 Å². The molecule has 1 saturated carbocycles. The van der Waals surface area contributed by atoms with E-state index in [1.54, 1.807) is 0 Å². The molecule has 4 atom stereocenters. The fourth-order valence-electron chi connectivity index (χ4n) is 2.92. The highest BCUT2D eigenvalue weighted by Gasteiger charge is 2.49. The standard InChI is InChI=1S/C11H18O2/c1-8-11(4-5-12-8)3-2-9-6-10(9)7-13-11/h8-10H,2-7H2,1H3/t8-,9-,10-,11+/m0/s1. The fourth-order valence-corrected chi connectivity index (χ4v) is 2.92. The summed E-state index contributed by atoms with van der Waals surface area (Å²) < 4.78 is 11.7. The first-order chi connectivity index (χ1) is 6.30. The van der Waals surface area contributed by atoms with Crippen molar-refractivity contribution in [3.8, 4) is 0 Å². The van der Waals surface area contributed by atoms with Gasteiger partial charge in [0.15, 0.2) is 0 Å². The maximum atomic E-state index is 6.09. The normalized spacial score (nSPS) is 54.7. The molecule has 3 rings (SSSR count). The van der Waals surface area contributed by atoms with Crippen molar-refractivity contribution < 1.29 is 9.47 Å². The highest BCUT2D eigenvalue weighted by atomic mass is 16.6. The summed E-state index contributed by atoms with van der Waals surface area (Å²) in [4.78, 5) is 0. The minimum absolute atomic E-state index is 0.105.